The van der Waals surface area contributed by atoms with Crippen molar-refractivity contribution in [2.45, 2.75) is 9.79 Å². The van der Waals surface area contributed by atoms with Crippen molar-refractivity contribution in [3.8, 4) is 11.5 Å². The Balaban J connectivity index is 1.59. The molecule has 0 bridgehead atoms. The maximum Gasteiger partial charge on any atom is 0.261 e. The molecule has 1 aliphatic rings. The molecule has 0 radical (unpaired) electrons. The number of carbonyl (C=O) groups excluding carboxylic acids is 1. The van der Waals surface area contributed by atoms with E-state index in [9.17, 15) is 21.6 Å². The zero-order valence-corrected chi connectivity index (χ0v) is 24.2. The van der Waals surface area contributed by atoms with Gasteiger partial charge in [0.1, 0.15) is 0 Å². The number of carbonyl (C=O) groups is 1. The molecule has 0 atom stereocenters. The number of amides is 1. The number of rotatable bonds is 9. The molecule has 0 unspecified atom stereocenters. The SMILES string of the molecule is COc1cc(NS(=O)(=O)c2ccc(Cl)cc2)cc(C(=O)Nc2ccc(S(=O)(=O)N3CCSCC3)cc2)c1OC. The summed E-state index contributed by atoms with van der Waals surface area (Å²) in [4.78, 5) is 13.4. The van der Waals surface area contributed by atoms with E-state index in [1.807, 2.05) is 0 Å². The summed E-state index contributed by atoms with van der Waals surface area (Å²) in [6.45, 7) is 0.899. The van der Waals surface area contributed by atoms with E-state index in [2.05, 4.69) is 10.0 Å². The third-order valence-corrected chi connectivity index (χ3v) is 10.3. The van der Waals surface area contributed by atoms with Crippen LogP contribution in [0.25, 0.3) is 0 Å². The second-order valence-corrected chi connectivity index (χ2v) is 13.6. The Labute approximate surface area is 236 Å². The molecule has 0 aromatic heterocycles. The van der Waals surface area contributed by atoms with Crippen LogP contribution in [-0.2, 0) is 20.0 Å². The molecule has 0 spiro atoms. The minimum atomic E-state index is -4.00. The van der Waals surface area contributed by atoms with Crippen molar-refractivity contribution in [1.29, 1.82) is 0 Å². The summed E-state index contributed by atoms with van der Waals surface area (Å²) < 4.78 is 66.2. The lowest BCUT2D eigenvalue weighted by atomic mass is 10.1. The minimum absolute atomic E-state index is 0.00632. The molecule has 1 amide bonds. The Hall–Kier alpha value is -2.97. The number of sulfonamides is 2. The molecule has 1 heterocycles. The van der Waals surface area contributed by atoms with Crippen LogP contribution in [0.3, 0.4) is 0 Å². The first-order chi connectivity index (χ1) is 18.5. The first-order valence-electron chi connectivity index (χ1n) is 11.6. The molecule has 1 aliphatic heterocycles. The molecule has 1 fully saturated rings. The fraction of sp³-hybridized carbons (Fsp3) is 0.240. The second kappa shape index (κ2) is 12.0. The van der Waals surface area contributed by atoms with Gasteiger partial charge in [-0.2, -0.15) is 16.1 Å². The molecule has 0 aliphatic carbocycles. The predicted octanol–water partition coefficient (Wildman–Crippen LogP) is 4.15. The van der Waals surface area contributed by atoms with Crippen molar-refractivity contribution < 1.29 is 31.1 Å². The Bertz CT molecular complexity index is 1560. The van der Waals surface area contributed by atoms with E-state index >= 15 is 0 Å². The van der Waals surface area contributed by atoms with Crippen molar-refractivity contribution >= 4 is 60.7 Å². The van der Waals surface area contributed by atoms with Crippen molar-refractivity contribution in [1.82, 2.24) is 4.31 Å². The summed E-state index contributed by atoms with van der Waals surface area (Å²) in [6.07, 6.45) is 0. The smallest absolute Gasteiger partial charge is 0.261 e. The van der Waals surface area contributed by atoms with Gasteiger partial charge >= 0.3 is 0 Å². The Morgan fingerprint density at radius 1 is 0.872 bits per heavy atom. The molecule has 4 rings (SSSR count). The van der Waals surface area contributed by atoms with Crippen LogP contribution < -0.4 is 19.5 Å². The highest BCUT2D eigenvalue weighted by Gasteiger charge is 2.26. The number of halogens is 1. The van der Waals surface area contributed by atoms with Gasteiger partial charge in [0.15, 0.2) is 11.5 Å². The standard InChI is InChI=1S/C25H26ClN3O7S3/c1-35-23-16-19(28-38(31,32)20-7-3-17(26)4-8-20)15-22(24(23)36-2)25(30)27-18-5-9-21(10-6-18)39(33,34)29-11-13-37-14-12-29/h3-10,15-16,28H,11-14H2,1-2H3,(H,27,30). The van der Waals surface area contributed by atoms with Crippen molar-refractivity contribution in [3.05, 3.63) is 71.2 Å². The average Bonchev–Trinajstić information content (AvgIpc) is 2.93. The molecule has 2 N–H and O–H groups in total. The lowest BCUT2D eigenvalue weighted by molar-refractivity contribution is 0.102. The highest BCUT2D eigenvalue weighted by atomic mass is 35.5. The number of thioether (sulfide) groups is 1. The third-order valence-electron chi connectivity index (χ3n) is 5.82. The molecule has 39 heavy (non-hydrogen) atoms. The van der Waals surface area contributed by atoms with Gasteiger partial charge in [0.05, 0.1) is 35.3 Å². The van der Waals surface area contributed by atoms with Crippen LogP contribution >= 0.6 is 23.4 Å². The van der Waals surface area contributed by atoms with E-state index in [1.165, 1.54) is 79.2 Å². The monoisotopic (exact) mass is 611 g/mol. The van der Waals surface area contributed by atoms with Crippen molar-refractivity contribution in [3.63, 3.8) is 0 Å². The van der Waals surface area contributed by atoms with Gasteiger partial charge in [-0.25, -0.2) is 16.8 Å². The predicted molar refractivity (Wildman–Crippen MR) is 152 cm³/mol. The third kappa shape index (κ3) is 6.61. The summed E-state index contributed by atoms with van der Waals surface area (Å²) in [5.41, 5.74) is 0.392. The largest absolute Gasteiger partial charge is 0.493 e. The second-order valence-electron chi connectivity index (χ2n) is 8.31. The van der Waals surface area contributed by atoms with E-state index in [-0.39, 0.29) is 32.5 Å². The first-order valence-corrected chi connectivity index (χ1v) is 16.0. The Morgan fingerprint density at radius 2 is 1.49 bits per heavy atom. The quantitative estimate of drug-likeness (QED) is 0.369. The summed E-state index contributed by atoms with van der Waals surface area (Å²) in [5.74, 6) is 1.08. The summed E-state index contributed by atoms with van der Waals surface area (Å²) in [6, 6.07) is 14.2. The number of nitrogens with one attached hydrogen (secondary N) is 2. The zero-order chi connectivity index (χ0) is 28.2. The number of methoxy groups -OCH3 is 2. The van der Waals surface area contributed by atoms with Crippen LogP contribution in [0.5, 0.6) is 11.5 Å². The lowest BCUT2D eigenvalue weighted by Crippen LogP contribution is -2.37. The zero-order valence-electron chi connectivity index (χ0n) is 21.0. The van der Waals surface area contributed by atoms with Gasteiger partial charge in [0.25, 0.3) is 15.9 Å². The van der Waals surface area contributed by atoms with Gasteiger partial charge in [0.2, 0.25) is 10.0 Å². The van der Waals surface area contributed by atoms with Gasteiger partial charge in [0, 0.05) is 41.4 Å². The Kier molecular flexibility index (Phi) is 8.96. The van der Waals surface area contributed by atoms with Crippen LogP contribution in [0.1, 0.15) is 10.4 Å². The van der Waals surface area contributed by atoms with E-state index in [0.717, 1.165) is 11.5 Å². The van der Waals surface area contributed by atoms with Crippen LogP contribution in [0.15, 0.2) is 70.5 Å². The molecular weight excluding hydrogens is 586 g/mol. The molecule has 10 nitrogen and oxygen atoms in total. The molecule has 0 saturated carbocycles. The van der Waals surface area contributed by atoms with Gasteiger partial charge < -0.3 is 14.8 Å². The van der Waals surface area contributed by atoms with Crippen LogP contribution in [-0.4, -0.2) is 65.9 Å². The fourth-order valence-electron chi connectivity index (χ4n) is 3.86. The van der Waals surface area contributed by atoms with E-state index in [0.29, 0.717) is 23.8 Å². The topological polar surface area (TPSA) is 131 Å². The molecule has 3 aromatic rings. The maximum absolute atomic E-state index is 13.2. The molecule has 208 valence electrons. The van der Waals surface area contributed by atoms with Crippen LogP contribution in [0.2, 0.25) is 5.02 Å². The normalized spacial score (nSPS) is 14.4. The number of benzene rings is 3. The summed E-state index contributed by atoms with van der Waals surface area (Å²) in [7, 11) is -4.92. The van der Waals surface area contributed by atoms with Gasteiger partial charge in [-0.05, 0) is 54.6 Å². The summed E-state index contributed by atoms with van der Waals surface area (Å²) >= 11 is 7.57. The van der Waals surface area contributed by atoms with Crippen LogP contribution in [0, 0.1) is 0 Å². The molecule has 1 saturated heterocycles. The van der Waals surface area contributed by atoms with Gasteiger partial charge in [-0.1, -0.05) is 11.6 Å². The number of hydrogen-bond donors (Lipinski definition) is 2. The first kappa shape index (κ1) is 29.0. The van der Waals surface area contributed by atoms with E-state index in [1.54, 1.807) is 11.8 Å². The average molecular weight is 612 g/mol. The highest BCUT2D eigenvalue weighted by molar-refractivity contribution is 7.99. The van der Waals surface area contributed by atoms with Crippen LogP contribution in [0.4, 0.5) is 11.4 Å². The molecule has 14 heteroatoms. The number of anilines is 2. The fourth-order valence-corrected chi connectivity index (χ4v) is 7.61. The Morgan fingerprint density at radius 3 is 2.08 bits per heavy atom. The number of nitrogens with zero attached hydrogens (tertiary/aromatic N) is 1. The lowest BCUT2D eigenvalue weighted by Gasteiger charge is -2.25. The highest BCUT2D eigenvalue weighted by Crippen LogP contribution is 2.36. The number of ether oxygens (including phenoxy) is 2. The minimum Gasteiger partial charge on any atom is -0.493 e. The van der Waals surface area contributed by atoms with E-state index < -0.39 is 26.0 Å². The maximum atomic E-state index is 13.2. The van der Waals surface area contributed by atoms with Gasteiger partial charge in [-0.15, -0.1) is 0 Å². The van der Waals surface area contributed by atoms with Gasteiger partial charge in [-0.3, -0.25) is 9.52 Å². The number of hydrogen-bond acceptors (Lipinski definition) is 8. The summed E-state index contributed by atoms with van der Waals surface area (Å²) in [5, 5.41) is 3.08. The van der Waals surface area contributed by atoms with E-state index in [4.69, 9.17) is 21.1 Å². The van der Waals surface area contributed by atoms with Crippen molar-refractivity contribution in [2.24, 2.45) is 0 Å². The molecular formula is C25H26ClN3O7S3. The van der Waals surface area contributed by atoms with Crippen molar-refractivity contribution in [2.75, 3.05) is 48.9 Å². The molecule has 3 aromatic carbocycles.